The van der Waals surface area contributed by atoms with Crippen molar-refractivity contribution in [2.75, 3.05) is 6.61 Å². The van der Waals surface area contributed by atoms with Crippen LogP contribution in [0.1, 0.15) is 6.92 Å². The lowest BCUT2D eigenvalue weighted by Crippen LogP contribution is -2.60. The molecule has 0 aliphatic rings. The first-order valence-electron chi connectivity index (χ1n) is 3.39. The van der Waals surface area contributed by atoms with E-state index in [4.69, 9.17) is 21.7 Å². The van der Waals surface area contributed by atoms with Crippen LogP contribution in [-0.2, 0) is 4.79 Å². The number of aliphatic hydroxyl groups is 2. The normalized spacial score (nSPS) is 21.1. The highest BCUT2D eigenvalue weighted by molar-refractivity contribution is 5.74. The van der Waals surface area contributed by atoms with Gasteiger partial charge < -0.3 is 26.8 Å². The van der Waals surface area contributed by atoms with E-state index >= 15 is 0 Å². The average molecular weight is 178 g/mol. The van der Waals surface area contributed by atoms with Gasteiger partial charge >= 0.3 is 5.97 Å². The monoisotopic (exact) mass is 178 g/mol. The third kappa shape index (κ3) is 2.42. The SMILES string of the molecule is C[C@@](N)(CO)[C@@H](O)[C@H](N)C(=O)O. The van der Waals surface area contributed by atoms with Crippen LogP contribution in [0.15, 0.2) is 0 Å². The molecule has 0 aliphatic carbocycles. The molecule has 12 heavy (non-hydrogen) atoms. The third-order valence-electron chi connectivity index (χ3n) is 1.64. The number of aliphatic carboxylic acids is 1. The summed E-state index contributed by atoms with van der Waals surface area (Å²) in [6.45, 7) is 0.787. The van der Waals surface area contributed by atoms with Gasteiger partial charge in [-0.05, 0) is 6.92 Å². The van der Waals surface area contributed by atoms with E-state index in [2.05, 4.69) is 0 Å². The van der Waals surface area contributed by atoms with E-state index < -0.39 is 30.3 Å². The van der Waals surface area contributed by atoms with E-state index in [0.29, 0.717) is 0 Å². The first-order chi connectivity index (χ1) is 5.33. The quantitative estimate of drug-likeness (QED) is 0.322. The zero-order valence-corrected chi connectivity index (χ0v) is 6.77. The summed E-state index contributed by atoms with van der Waals surface area (Å²) < 4.78 is 0. The molecule has 0 bridgehead atoms. The summed E-state index contributed by atoms with van der Waals surface area (Å²) in [6, 6.07) is -1.48. The molecule has 0 aromatic rings. The number of rotatable bonds is 4. The summed E-state index contributed by atoms with van der Waals surface area (Å²) in [4.78, 5) is 10.3. The first kappa shape index (κ1) is 11.3. The van der Waals surface area contributed by atoms with Crippen molar-refractivity contribution in [2.24, 2.45) is 11.5 Å². The van der Waals surface area contributed by atoms with E-state index in [1.165, 1.54) is 6.92 Å². The van der Waals surface area contributed by atoms with Crippen molar-refractivity contribution in [1.82, 2.24) is 0 Å². The number of carboxylic acids is 1. The van der Waals surface area contributed by atoms with Gasteiger partial charge in [0.1, 0.15) is 6.04 Å². The molecule has 0 spiro atoms. The summed E-state index contributed by atoms with van der Waals surface area (Å²) in [6.07, 6.45) is -1.47. The van der Waals surface area contributed by atoms with Gasteiger partial charge in [-0.25, -0.2) is 0 Å². The minimum Gasteiger partial charge on any atom is -0.480 e. The van der Waals surface area contributed by atoms with Crippen molar-refractivity contribution in [3.8, 4) is 0 Å². The molecule has 0 saturated heterocycles. The van der Waals surface area contributed by atoms with Crippen LogP contribution in [0.3, 0.4) is 0 Å². The molecule has 72 valence electrons. The maximum atomic E-state index is 10.3. The zero-order chi connectivity index (χ0) is 9.94. The van der Waals surface area contributed by atoms with Gasteiger partial charge in [-0.15, -0.1) is 0 Å². The van der Waals surface area contributed by atoms with Crippen molar-refractivity contribution in [3.05, 3.63) is 0 Å². The summed E-state index contributed by atoms with van der Waals surface area (Å²) in [5.41, 5.74) is 9.04. The Kier molecular flexibility index (Phi) is 3.59. The average Bonchev–Trinajstić information content (AvgIpc) is 2.01. The van der Waals surface area contributed by atoms with Crippen LogP contribution in [0.2, 0.25) is 0 Å². The van der Waals surface area contributed by atoms with E-state index in [-0.39, 0.29) is 0 Å². The lowest BCUT2D eigenvalue weighted by molar-refractivity contribution is -0.142. The number of hydrogen-bond donors (Lipinski definition) is 5. The molecule has 0 fully saturated rings. The van der Waals surface area contributed by atoms with Crippen molar-refractivity contribution in [3.63, 3.8) is 0 Å². The molecule has 0 unspecified atom stereocenters. The van der Waals surface area contributed by atoms with Gasteiger partial charge in [0.25, 0.3) is 0 Å². The number of carboxylic acid groups (broad SMARTS) is 1. The number of nitrogens with two attached hydrogens (primary N) is 2. The lowest BCUT2D eigenvalue weighted by Gasteiger charge is -2.30. The summed E-state index contributed by atoms with van der Waals surface area (Å²) in [7, 11) is 0. The molecule has 0 radical (unpaired) electrons. The Morgan fingerprint density at radius 1 is 1.67 bits per heavy atom. The Bertz CT molecular complexity index is 171. The minimum atomic E-state index is -1.48. The lowest BCUT2D eigenvalue weighted by atomic mass is 9.92. The Morgan fingerprint density at radius 2 is 2.08 bits per heavy atom. The standard InChI is InChI=1S/C6H14N2O4/c1-6(8,2-9)4(10)3(7)5(11)12/h3-4,9-10H,2,7-8H2,1H3,(H,11,12)/t3-,4-,6+/m0/s1. The molecule has 0 amide bonds. The van der Waals surface area contributed by atoms with Crippen molar-refractivity contribution < 1.29 is 20.1 Å². The van der Waals surface area contributed by atoms with Crippen molar-refractivity contribution >= 4 is 5.97 Å². The largest absolute Gasteiger partial charge is 0.480 e. The van der Waals surface area contributed by atoms with Gasteiger partial charge in [-0.3, -0.25) is 4.79 Å². The van der Waals surface area contributed by atoms with E-state index in [0.717, 1.165) is 0 Å². The molecule has 0 heterocycles. The predicted octanol–water partition coefficient (Wildman–Crippen LogP) is -2.53. The van der Waals surface area contributed by atoms with Crippen LogP contribution < -0.4 is 11.5 Å². The first-order valence-corrected chi connectivity index (χ1v) is 3.39. The second-order valence-corrected chi connectivity index (χ2v) is 2.97. The fourth-order valence-corrected chi connectivity index (χ4v) is 0.639. The topological polar surface area (TPSA) is 130 Å². The molecule has 0 saturated carbocycles. The minimum absolute atomic E-state index is 0.533. The van der Waals surface area contributed by atoms with Crippen LogP contribution in [0, 0.1) is 0 Å². The number of hydrogen-bond acceptors (Lipinski definition) is 5. The van der Waals surface area contributed by atoms with E-state index in [9.17, 15) is 9.90 Å². The van der Waals surface area contributed by atoms with Crippen LogP contribution in [0.4, 0.5) is 0 Å². The van der Waals surface area contributed by atoms with Crippen molar-refractivity contribution in [1.29, 1.82) is 0 Å². The molecular weight excluding hydrogens is 164 g/mol. The zero-order valence-electron chi connectivity index (χ0n) is 6.77. The number of aliphatic hydroxyl groups excluding tert-OH is 2. The van der Waals surface area contributed by atoms with E-state index in [1.807, 2.05) is 0 Å². The van der Waals surface area contributed by atoms with Gasteiger partial charge in [-0.1, -0.05) is 0 Å². The molecule has 6 heteroatoms. The van der Waals surface area contributed by atoms with Gasteiger partial charge in [0.2, 0.25) is 0 Å². The van der Waals surface area contributed by atoms with Gasteiger partial charge in [0.05, 0.1) is 18.2 Å². The Morgan fingerprint density at radius 3 is 2.33 bits per heavy atom. The Labute approximate surface area is 69.8 Å². The van der Waals surface area contributed by atoms with Gasteiger partial charge in [0, 0.05) is 0 Å². The van der Waals surface area contributed by atoms with Crippen molar-refractivity contribution in [2.45, 2.75) is 24.6 Å². The molecule has 0 aliphatic heterocycles. The highest BCUT2D eigenvalue weighted by atomic mass is 16.4. The molecule has 6 nitrogen and oxygen atoms in total. The molecule has 0 rings (SSSR count). The van der Waals surface area contributed by atoms with Gasteiger partial charge in [0.15, 0.2) is 0 Å². The maximum absolute atomic E-state index is 10.3. The maximum Gasteiger partial charge on any atom is 0.323 e. The van der Waals surface area contributed by atoms with Crippen LogP contribution in [0.5, 0.6) is 0 Å². The molecule has 3 atom stereocenters. The number of carbonyl (C=O) groups is 1. The molecule has 0 aromatic heterocycles. The Hall–Kier alpha value is -0.690. The molecule has 0 aromatic carbocycles. The summed E-state index contributed by atoms with van der Waals surface area (Å²) >= 11 is 0. The second kappa shape index (κ2) is 3.81. The van der Waals surface area contributed by atoms with Crippen LogP contribution in [-0.4, -0.2) is 45.6 Å². The fraction of sp³-hybridized carbons (Fsp3) is 0.833. The molecular formula is C6H14N2O4. The predicted molar refractivity (Wildman–Crippen MR) is 41.3 cm³/mol. The van der Waals surface area contributed by atoms with Gasteiger partial charge in [-0.2, -0.15) is 0 Å². The fourth-order valence-electron chi connectivity index (χ4n) is 0.639. The van der Waals surface area contributed by atoms with E-state index in [1.54, 1.807) is 0 Å². The third-order valence-corrected chi connectivity index (χ3v) is 1.64. The highest BCUT2D eigenvalue weighted by Gasteiger charge is 2.36. The second-order valence-electron chi connectivity index (χ2n) is 2.97. The Balaban J connectivity index is 4.37. The highest BCUT2D eigenvalue weighted by Crippen LogP contribution is 2.08. The summed E-state index contributed by atoms with van der Waals surface area (Å²) in [5, 5.41) is 26.3. The van der Waals surface area contributed by atoms with Crippen LogP contribution >= 0.6 is 0 Å². The summed E-state index contributed by atoms with van der Waals surface area (Å²) in [5.74, 6) is -1.35. The smallest absolute Gasteiger partial charge is 0.323 e. The molecule has 7 N–H and O–H groups in total. The van der Waals surface area contributed by atoms with Crippen LogP contribution in [0.25, 0.3) is 0 Å².